The van der Waals surface area contributed by atoms with Gasteiger partial charge >= 0.3 is 0 Å². The molecule has 0 aliphatic heterocycles. The molecular weight excluding hydrogens is 426 g/mol. The monoisotopic (exact) mass is 459 g/mol. The molecule has 34 heavy (non-hydrogen) atoms. The van der Waals surface area contributed by atoms with Gasteiger partial charge in [-0.3, -0.25) is 14.6 Å². The van der Waals surface area contributed by atoms with Gasteiger partial charge < -0.3 is 15.1 Å². The van der Waals surface area contributed by atoms with Crippen molar-refractivity contribution in [1.29, 1.82) is 0 Å². The minimum absolute atomic E-state index is 0.0983. The zero-order chi connectivity index (χ0) is 24.3. The summed E-state index contributed by atoms with van der Waals surface area (Å²) < 4.78 is 0. The maximum Gasteiger partial charge on any atom is 0.269 e. The molecule has 0 aliphatic rings. The van der Waals surface area contributed by atoms with Crippen LogP contribution in [-0.4, -0.2) is 59.9 Å². The van der Waals surface area contributed by atoms with E-state index >= 15 is 0 Å². The Morgan fingerprint density at radius 1 is 0.971 bits per heavy atom. The molecule has 1 aromatic carbocycles. The summed E-state index contributed by atoms with van der Waals surface area (Å²) in [4.78, 5) is 38.0. The Labute approximate surface area is 201 Å². The second-order valence-corrected chi connectivity index (χ2v) is 8.10. The van der Waals surface area contributed by atoms with E-state index in [9.17, 15) is 9.59 Å². The standard InChI is InChI=1S/C27H33N5O2/c1-4-32(5-2)18-8-15-29-26(33)25-12-7-11-23(30-25)20-21-9-6-10-22(19-21)27(34)31(3)24-13-16-28-17-14-24/h6-7,9-14,16-17,19H,4-5,8,15,18,20H2,1-3H3,(H,29,33). The lowest BCUT2D eigenvalue weighted by Gasteiger charge is -2.17. The van der Waals surface area contributed by atoms with Crippen LogP contribution in [0, 0.1) is 0 Å². The van der Waals surface area contributed by atoms with E-state index in [0.29, 0.717) is 24.2 Å². The van der Waals surface area contributed by atoms with Crippen molar-refractivity contribution in [3.63, 3.8) is 0 Å². The molecule has 3 rings (SSSR count). The number of anilines is 1. The molecule has 178 valence electrons. The van der Waals surface area contributed by atoms with Gasteiger partial charge in [-0.1, -0.05) is 32.0 Å². The van der Waals surface area contributed by atoms with Crippen molar-refractivity contribution in [3.8, 4) is 0 Å². The smallest absolute Gasteiger partial charge is 0.269 e. The molecule has 3 aromatic rings. The topological polar surface area (TPSA) is 78.4 Å². The third kappa shape index (κ3) is 6.96. The lowest BCUT2D eigenvalue weighted by molar-refractivity contribution is 0.0945. The zero-order valence-electron chi connectivity index (χ0n) is 20.2. The number of carbonyl (C=O) groups excluding carboxylic acids is 2. The maximum absolute atomic E-state index is 12.9. The van der Waals surface area contributed by atoms with E-state index in [2.05, 4.69) is 34.0 Å². The Morgan fingerprint density at radius 2 is 1.71 bits per heavy atom. The van der Waals surface area contributed by atoms with Crippen molar-refractivity contribution < 1.29 is 9.59 Å². The summed E-state index contributed by atoms with van der Waals surface area (Å²) in [5.41, 5.74) is 3.52. The largest absolute Gasteiger partial charge is 0.351 e. The van der Waals surface area contributed by atoms with Crippen LogP contribution in [0.2, 0.25) is 0 Å². The molecule has 0 saturated heterocycles. The number of nitrogens with zero attached hydrogens (tertiary/aromatic N) is 4. The van der Waals surface area contributed by atoms with Crippen molar-refractivity contribution in [1.82, 2.24) is 20.2 Å². The third-order valence-electron chi connectivity index (χ3n) is 5.78. The number of rotatable bonds is 11. The number of hydrogen-bond acceptors (Lipinski definition) is 5. The van der Waals surface area contributed by atoms with Gasteiger partial charge in [-0.25, -0.2) is 4.98 Å². The fourth-order valence-corrected chi connectivity index (χ4v) is 3.74. The second-order valence-electron chi connectivity index (χ2n) is 8.10. The van der Waals surface area contributed by atoms with Crippen LogP contribution in [-0.2, 0) is 6.42 Å². The van der Waals surface area contributed by atoms with Crippen molar-refractivity contribution >= 4 is 17.5 Å². The molecule has 1 N–H and O–H groups in total. The van der Waals surface area contributed by atoms with Crippen LogP contribution in [0.5, 0.6) is 0 Å². The predicted molar refractivity (Wildman–Crippen MR) is 135 cm³/mol. The number of pyridine rings is 2. The van der Waals surface area contributed by atoms with E-state index < -0.39 is 0 Å². The molecule has 0 atom stereocenters. The fraction of sp³-hybridized carbons (Fsp3) is 0.333. The normalized spacial score (nSPS) is 10.8. The molecule has 0 unspecified atom stereocenters. The average Bonchev–Trinajstić information content (AvgIpc) is 2.88. The Hall–Kier alpha value is -3.58. The molecule has 7 nitrogen and oxygen atoms in total. The fourth-order valence-electron chi connectivity index (χ4n) is 3.74. The van der Waals surface area contributed by atoms with Gasteiger partial charge in [0, 0.05) is 49.4 Å². The summed E-state index contributed by atoms with van der Waals surface area (Å²) in [5.74, 6) is -0.261. The highest BCUT2D eigenvalue weighted by Gasteiger charge is 2.14. The summed E-state index contributed by atoms with van der Waals surface area (Å²) in [5, 5.41) is 2.96. The van der Waals surface area contributed by atoms with Crippen molar-refractivity contribution in [3.05, 3.63) is 89.5 Å². The number of amides is 2. The van der Waals surface area contributed by atoms with Crippen LogP contribution in [0.25, 0.3) is 0 Å². The summed E-state index contributed by atoms with van der Waals surface area (Å²) in [6, 6.07) is 16.6. The van der Waals surface area contributed by atoms with Gasteiger partial charge in [0.15, 0.2) is 0 Å². The second kappa shape index (κ2) is 12.6. The maximum atomic E-state index is 12.9. The Kier molecular flexibility index (Phi) is 9.29. The third-order valence-corrected chi connectivity index (χ3v) is 5.78. The quantitative estimate of drug-likeness (QED) is 0.441. The van der Waals surface area contributed by atoms with Crippen molar-refractivity contribution in [2.24, 2.45) is 0 Å². The average molecular weight is 460 g/mol. The first-order valence-corrected chi connectivity index (χ1v) is 11.7. The van der Waals surface area contributed by atoms with Gasteiger partial charge in [-0.15, -0.1) is 0 Å². The van der Waals surface area contributed by atoms with E-state index in [1.165, 1.54) is 0 Å². The first-order chi connectivity index (χ1) is 16.5. The van der Waals surface area contributed by atoms with E-state index in [0.717, 1.165) is 43.0 Å². The lowest BCUT2D eigenvalue weighted by atomic mass is 10.0. The van der Waals surface area contributed by atoms with Crippen LogP contribution in [0.15, 0.2) is 67.0 Å². The van der Waals surface area contributed by atoms with E-state index in [-0.39, 0.29) is 11.8 Å². The van der Waals surface area contributed by atoms with Gasteiger partial charge in [0.05, 0.1) is 0 Å². The minimum atomic E-state index is -0.163. The molecule has 2 aromatic heterocycles. The highest BCUT2D eigenvalue weighted by atomic mass is 16.2. The molecule has 7 heteroatoms. The van der Waals surface area contributed by atoms with Gasteiger partial charge in [0.1, 0.15) is 5.69 Å². The van der Waals surface area contributed by atoms with Crippen LogP contribution in [0.4, 0.5) is 5.69 Å². The Bertz CT molecular complexity index is 1080. The number of nitrogens with one attached hydrogen (secondary N) is 1. The lowest BCUT2D eigenvalue weighted by Crippen LogP contribution is -2.30. The predicted octanol–water partition coefficient (Wildman–Crippen LogP) is 3.81. The minimum Gasteiger partial charge on any atom is -0.351 e. The number of carbonyl (C=O) groups is 2. The Morgan fingerprint density at radius 3 is 2.44 bits per heavy atom. The molecule has 2 amide bonds. The molecule has 0 fully saturated rings. The van der Waals surface area contributed by atoms with E-state index in [4.69, 9.17) is 0 Å². The number of hydrogen-bond donors (Lipinski definition) is 1. The molecular formula is C27H33N5O2. The van der Waals surface area contributed by atoms with Gasteiger partial charge in [0.25, 0.3) is 11.8 Å². The van der Waals surface area contributed by atoms with E-state index in [1.54, 1.807) is 48.6 Å². The first kappa shape index (κ1) is 25.1. The molecule has 0 bridgehead atoms. The number of benzene rings is 1. The van der Waals surface area contributed by atoms with Gasteiger partial charge in [0.2, 0.25) is 0 Å². The molecule has 0 aliphatic carbocycles. The van der Waals surface area contributed by atoms with Gasteiger partial charge in [-0.2, -0.15) is 0 Å². The summed E-state index contributed by atoms with van der Waals surface area (Å²) >= 11 is 0. The molecule has 0 saturated carbocycles. The highest BCUT2D eigenvalue weighted by Crippen LogP contribution is 2.16. The first-order valence-electron chi connectivity index (χ1n) is 11.7. The molecule has 0 radical (unpaired) electrons. The van der Waals surface area contributed by atoms with Crippen LogP contribution >= 0.6 is 0 Å². The summed E-state index contributed by atoms with van der Waals surface area (Å²) in [6.07, 6.45) is 4.76. The number of aromatic nitrogens is 2. The zero-order valence-corrected chi connectivity index (χ0v) is 20.2. The SMILES string of the molecule is CCN(CC)CCCNC(=O)c1cccc(Cc2cccc(C(=O)N(C)c3ccncc3)c2)n1. The van der Waals surface area contributed by atoms with Crippen LogP contribution in [0.1, 0.15) is 52.4 Å². The highest BCUT2D eigenvalue weighted by molar-refractivity contribution is 6.05. The van der Waals surface area contributed by atoms with Crippen LogP contribution in [0.3, 0.4) is 0 Å². The molecule has 0 spiro atoms. The van der Waals surface area contributed by atoms with Crippen molar-refractivity contribution in [2.45, 2.75) is 26.7 Å². The molecule has 2 heterocycles. The van der Waals surface area contributed by atoms with E-state index in [1.807, 2.05) is 30.3 Å². The summed E-state index contributed by atoms with van der Waals surface area (Å²) in [6.45, 7) is 7.90. The van der Waals surface area contributed by atoms with Gasteiger partial charge in [-0.05, 0) is 68.0 Å². The Balaban J connectivity index is 1.61. The van der Waals surface area contributed by atoms with Crippen molar-refractivity contribution in [2.75, 3.05) is 38.1 Å². The summed E-state index contributed by atoms with van der Waals surface area (Å²) in [7, 11) is 1.75. The van der Waals surface area contributed by atoms with Crippen LogP contribution < -0.4 is 10.2 Å².